The topological polar surface area (TPSA) is 49.8 Å². The standard InChI is InChI=1S/C11H15NO3/c1-7-5-10(6-8(2)9(7)3)15-11(13)12(4)14/h5-6,14H,1-4H3. The van der Waals surface area contributed by atoms with E-state index in [4.69, 9.17) is 9.94 Å². The van der Waals surface area contributed by atoms with Crippen molar-refractivity contribution < 1.29 is 14.7 Å². The fourth-order valence-electron chi connectivity index (χ4n) is 1.22. The predicted octanol–water partition coefficient (Wildman–Crippen LogP) is 2.43. The molecule has 82 valence electrons. The number of hydrogen-bond acceptors (Lipinski definition) is 3. The molecular weight excluding hydrogens is 194 g/mol. The van der Waals surface area contributed by atoms with E-state index in [0.29, 0.717) is 10.8 Å². The Morgan fingerprint density at radius 3 is 2.13 bits per heavy atom. The van der Waals surface area contributed by atoms with Crippen molar-refractivity contribution in [3.05, 3.63) is 28.8 Å². The summed E-state index contributed by atoms with van der Waals surface area (Å²) in [5, 5.41) is 9.24. The second-order valence-corrected chi connectivity index (χ2v) is 3.57. The lowest BCUT2D eigenvalue weighted by Gasteiger charge is -2.11. The molecule has 0 radical (unpaired) electrons. The number of nitrogens with zero attached hydrogens (tertiary/aromatic N) is 1. The first-order valence-electron chi connectivity index (χ1n) is 4.64. The highest BCUT2D eigenvalue weighted by Gasteiger charge is 2.09. The molecule has 0 saturated heterocycles. The van der Waals surface area contributed by atoms with Crippen LogP contribution >= 0.6 is 0 Å². The zero-order valence-electron chi connectivity index (χ0n) is 9.37. The molecule has 0 aliphatic rings. The molecule has 1 aromatic rings. The van der Waals surface area contributed by atoms with E-state index in [1.807, 2.05) is 20.8 Å². The van der Waals surface area contributed by atoms with Crippen molar-refractivity contribution in [2.24, 2.45) is 0 Å². The van der Waals surface area contributed by atoms with Crippen LogP contribution in [0.15, 0.2) is 12.1 Å². The van der Waals surface area contributed by atoms with Gasteiger partial charge < -0.3 is 4.74 Å². The van der Waals surface area contributed by atoms with Crippen LogP contribution in [0.1, 0.15) is 16.7 Å². The first-order chi connectivity index (χ1) is 6.91. The van der Waals surface area contributed by atoms with E-state index >= 15 is 0 Å². The van der Waals surface area contributed by atoms with Crippen LogP contribution in [-0.4, -0.2) is 23.4 Å². The van der Waals surface area contributed by atoms with E-state index in [0.717, 1.165) is 11.1 Å². The quantitative estimate of drug-likeness (QED) is 0.571. The van der Waals surface area contributed by atoms with E-state index in [2.05, 4.69) is 0 Å². The molecule has 0 aliphatic carbocycles. The molecule has 15 heavy (non-hydrogen) atoms. The van der Waals surface area contributed by atoms with Gasteiger partial charge >= 0.3 is 6.09 Å². The molecular formula is C11H15NO3. The number of aryl methyl sites for hydroxylation is 2. The zero-order chi connectivity index (χ0) is 11.6. The summed E-state index contributed by atoms with van der Waals surface area (Å²) in [7, 11) is 1.22. The summed E-state index contributed by atoms with van der Waals surface area (Å²) in [4.78, 5) is 11.1. The van der Waals surface area contributed by atoms with Gasteiger partial charge in [-0.05, 0) is 49.6 Å². The average molecular weight is 209 g/mol. The molecule has 1 N–H and O–H groups in total. The molecule has 4 heteroatoms. The van der Waals surface area contributed by atoms with Gasteiger partial charge in [-0.1, -0.05) is 0 Å². The number of benzene rings is 1. The van der Waals surface area contributed by atoms with E-state index in [9.17, 15) is 4.79 Å². The fourth-order valence-corrected chi connectivity index (χ4v) is 1.22. The summed E-state index contributed by atoms with van der Waals surface area (Å²) in [6, 6.07) is 3.54. The number of carbonyl (C=O) groups excluding carboxylic acids is 1. The van der Waals surface area contributed by atoms with Gasteiger partial charge in [-0.25, -0.2) is 4.79 Å². The Morgan fingerprint density at radius 2 is 1.73 bits per heavy atom. The van der Waals surface area contributed by atoms with Crippen LogP contribution in [0.2, 0.25) is 0 Å². The maximum Gasteiger partial charge on any atom is 0.438 e. The second-order valence-electron chi connectivity index (χ2n) is 3.57. The first kappa shape index (κ1) is 11.5. The maximum absolute atomic E-state index is 11.1. The third-order valence-electron chi connectivity index (χ3n) is 2.37. The number of hydrogen-bond donors (Lipinski definition) is 1. The van der Waals surface area contributed by atoms with Crippen molar-refractivity contribution in [3.8, 4) is 5.75 Å². The number of amides is 1. The molecule has 0 aromatic heterocycles. The molecule has 0 saturated carbocycles. The van der Waals surface area contributed by atoms with Crippen LogP contribution < -0.4 is 4.74 Å². The molecule has 4 nitrogen and oxygen atoms in total. The van der Waals surface area contributed by atoms with E-state index in [-0.39, 0.29) is 0 Å². The minimum Gasteiger partial charge on any atom is -0.409 e. The van der Waals surface area contributed by atoms with Gasteiger partial charge in [0.25, 0.3) is 0 Å². The van der Waals surface area contributed by atoms with Crippen LogP contribution in [0.3, 0.4) is 0 Å². The highest BCUT2D eigenvalue weighted by atomic mass is 16.6. The number of carbonyl (C=O) groups is 1. The Balaban J connectivity index is 2.93. The van der Waals surface area contributed by atoms with Crippen LogP contribution in [0.5, 0.6) is 5.75 Å². The Morgan fingerprint density at radius 1 is 1.27 bits per heavy atom. The molecule has 0 spiro atoms. The van der Waals surface area contributed by atoms with Crippen LogP contribution in [0.25, 0.3) is 0 Å². The molecule has 0 fully saturated rings. The van der Waals surface area contributed by atoms with Crippen molar-refractivity contribution in [1.29, 1.82) is 0 Å². The highest BCUT2D eigenvalue weighted by Crippen LogP contribution is 2.21. The van der Waals surface area contributed by atoms with Crippen LogP contribution in [-0.2, 0) is 0 Å². The first-order valence-corrected chi connectivity index (χ1v) is 4.64. The predicted molar refractivity (Wildman–Crippen MR) is 56.2 cm³/mol. The van der Waals surface area contributed by atoms with Crippen molar-refractivity contribution in [1.82, 2.24) is 5.06 Å². The van der Waals surface area contributed by atoms with Crippen LogP contribution in [0.4, 0.5) is 4.79 Å². The third kappa shape index (κ3) is 2.70. The smallest absolute Gasteiger partial charge is 0.409 e. The molecule has 0 heterocycles. The normalized spacial score (nSPS) is 9.93. The van der Waals surface area contributed by atoms with Gasteiger partial charge in [-0.3, -0.25) is 5.21 Å². The van der Waals surface area contributed by atoms with Gasteiger partial charge in [-0.2, -0.15) is 5.06 Å². The molecule has 1 aromatic carbocycles. The zero-order valence-corrected chi connectivity index (χ0v) is 9.37. The summed E-state index contributed by atoms with van der Waals surface area (Å²) in [6.45, 7) is 5.90. The van der Waals surface area contributed by atoms with E-state index in [1.54, 1.807) is 12.1 Å². The number of rotatable bonds is 1. The van der Waals surface area contributed by atoms with Gasteiger partial charge in [0.15, 0.2) is 0 Å². The molecule has 0 aliphatic heterocycles. The SMILES string of the molecule is Cc1cc(OC(=O)N(C)O)cc(C)c1C. The van der Waals surface area contributed by atoms with E-state index in [1.165, 1.54) is 12.6 Å². The molecule has 0 atom stereocenters. The molecule has 0 bridgehead atoms. The average Bonchev–Trinajstić information content (AvgIpc) is 2.13. The van der Waals surface area contributed by atoms with E-state index < -0.39 is 6.09 Å². The summed E-state index contributed by atoms with van der Waals surface area (Å²) in [5.74, 6) is 0.446. The summed E-state index contributed by atoms with van der Waals surface area (Å²) in [6.07, 6.45) is -0.794. The molecule has 1 rings (SSSR count). The summed E-state index contributed by atoms with van der Waals surface area (Å²) in [5.41, 5.74) is 3.28. The lowest BCUT2D eigenvalue weighted by atomic mass is 10.0. The minimum absolute atomic E-state index is 0.407. The van der Waals surface area contributed by atoms with Crippen molar-refractivity contribution in [3.63, 3.8) is 0 Å². The Hall–Kier alpha value is -1.55. The van der Waals surface area contributed by atoms with Crippen LogP contribution in [0, 0.1) is 20.8 Å². The van der Waals surface area contributed by atoms with Gasteiger partial charge in [0, 0.05) is 7.05 Å². The monoisotopic (exact) mass is 209 g/mol. The van der Waals surface area contributed by atoms with Crippen molar-refractivity contribution in [2.75, 3.05) is 7.05 Å². The van der Waals surface area contributed by atoms with Crippen molar-refractivity contribution in [2.45, 2.75) is 20.8 Å². The van der Waals surface area contributed by atoms with Gasteiger partial charge in [0.1, 0.15) is 5.75 Å². The largest absolute Gasteiger partial charge is 0.438 e. The lowest BCUT2D eigenvalue weighted by molar-refractivity contribution is -0.0371. The maximum atomic E-state index is 11.1. The molecule has 0 unspecified atom stereocenters. The molecule has 1 amide bonds. The lowest BCUT2D eigenvalue weighted by Crippen LogP contribution is -2.26. The Bertz CT molecular complexity index is 362. The fraction of sp³-hybridized carbons (Fsp3) is 0.364. The Kier molecular flexibility index (Phi) is 3.31. The second kappa shape index (κ2) is 4.31. The number of ether oxygens (including phenoxy) is 1. The van der Waals surface area contributed by atoms with Crippen molar-refractivity contribution >= 4 is 6.09 Å². The summed E-state index contributed by atoms with van der Waals surface area (Å²) < 4.78 is 4.93. The Labute approximate surface area is 89.0 Å². The number of hydroxylamine groups is 2. The highest BCUT2D eigenvalue weighted by molar-refractivity contribution is 5.69. The van der Waals surface area contributed by atoms with Gasteiger partial charge in [-0.15, -0.1) is 0 Å². The third-order valence-corrected chi connectivity index (χ3v) is 2.37. The summed E-state index contributed by atoms with van der Waals surface area (Å²) >= 11 is 0. The van der Waals surface area contributed by atoms with Gasteiger partial charge in [0.05, 0.1) is 0 Å². The van der Waals surface area contributed by atoms with Gasteiger partial charge in [0.2, 0.25) is 0 Å². The minimum atomic E-state index is -0.794.